The van der Waals surface area contributed by atoms with E-state index in [2.05, 4.69) is 11.2 Å². The first-order valence-corrected chi connectivity index (χ1v) is 9.64. The van der Waals surface area contributed by atoms with Crippen LogP contribution in [-0.4, -0.2) is 29.4 Å². The molecule has 33 heavy (non-hydrogen) atoms. The van der Waals surface area contributed by atoms with E-state index in [-0.39, 0.29) is 23.6 Å². The highest BCUT2D eigenvalue weighted by Crippen LogP contribution is 2.32. The first-order valence-electron chi connectivity index (χ1n) is 9.64. The number of amides is 4. The van der Waals surface area contributed by atoms with E-state index in [4.69, 9.17) is 11.2 Å². The fourth-order valence-corrected chi connectivity index (χ4v) is 3.45. The number of imide groups is 2. The van der Waals surface area contributed by atoms with Gasteiger partial charge in [0.15, 0.2) is 0 Å². The number of barbiturate groups is 1. The second kappa shape index (κ2) is 8.64. The summed E-state index contributed by atoms with van der Waals surface area (Å²) in [7, 11) is 0. The second-order valence-electron chi connectivity index (χ2n) is 6.93. The van der Waals surface area contributed by atoms with Crippen LogP contribution < -0.4 is 15.0 Å². The second-order valence-corrected chi connectivity index (χ2v) is 6.93. The van der Waals surface area contributed by atoms with Crippen LogP contribution in [0.1, 0.15) is 5.56 Å². The van der Waals surface area contributed by atoms with Crippen molar-refractivity contribution in [3.8, 4) is 18.1 Å². The Balaban J connectivity index is 1.85. The van der Waals surface area contributed by atoms with E-state index in [1.807, 2.05) is 18.2 Å². The third-order valence-corrected chi connectivity index (χ3v) is 4.93. The van der Waals surface area contributed by atoms with Crippen molar-refractivity contribution in [2.45, 2.75) is 0 Å². The number of ether oxygens (including phenoxy) is 1. The molecule has 0 aromatic heterocycles. The predicted octanol–water partition coefficient (Wildman–Crippen LogP) is 3.43. The Morgan fingerprint density at radius 2 is 1.88 bits per heavy atom. The summed E-state index contributed by atoms with van der Waals surface area (Å²) in [5.74, 6) is 0.879. The highest BCUT2D eigenvalue weighted by molar-refractivity contribution is 6.39. The standard InChI is InChI=1S/C24H15N3O6/c1-2-12-33-21-11-10-15-6-3-4-9-18(15)19(21)14-20-22(28)25-24(30)26(23(20)29)16-7-5-8-17(13-16)27(31)32/h1,3-11,13-14H,12H2,(H,25,28,30)/b20-14+. The van der Waals surface area contributed by atoms with Gasteiger partial charge in [-0.15, -0.1) is 6.42 Å². The molecule has 0 aliphatic carbocycles. The van der Waals surface area contributed by atoms with Crippen molar-refractivity contribution in [3.05, 3.63) is 81.9 Å². The van der Waals surface area contributed by atoms with Crippen LogP contribution >= 0.6 is 0 Å². The van der Waals surface area contributed by atoms with Gasteiger partial charge in [0.25, 0.3) is 17.5 Å². The molecule has 1 aliphatic rings. The number of anilines is 1. The van der Waals surface area contributed by atoms with E-state index < -0.39 is 22.8 Å². The molecular weight excluding hydrogens is 426 g/mol. The maximum absolute atomic E-state index is 13.2. The zero-order valence-electron chi connectivity index (χ0n) is 17.0. The number of hydrogen-bond acceptors (Lipinski definition) is 6. The van der Waals surface area contributed by atoms with Crippen LogP contribution in [0.3, 0.4) is 0 Å². The molecule has 9 heteroatoms. The quantitative estimate of drug-likeness (QED) is 0.213. The zero-order valence-corrected chi connectivity index (χ0v) is 17.0. The molecule has 0 unspecified atom stereocenters. The van der Waals surface area contributed by atoms with Crippen LogP contribution in [0.5, 0.6) is 5.75 Å². The summed E-state index contributed by atoms with van der Waals surface area (Å²) in [5.41, 5.74) is -0.278. The summed E-state index contributed by atoms with van der Waals surface area (Å²) < 4.78 is 5.60. The van der Waals surface area contributed by atoms with Crippen molar-refractivity contribution < 1.29 is 24.0 Å². The molecule has 4 rings (SSSR count). The van der Waals surface area contributed by atoms with Gasteiger partial charge in [0.05, 0.1) is 10.6 Å². The Labute approximate surface area is 187 Å². The number of carbonyl (C=O) groups is 3. The molecule has 3 aromatic rings. The van der Waals surface area contributed by atoms with Crippen molar-refractivity contribution in [3.63, 3.8) is 0 Å². The van der Waals surface area contributed by atoms with Crippen LogP contribution in [0, 0.1) is 22.5 Å². The van der Waals surface area contributed by atoms with Crippen LogP contribution in [-0.2, 0) is 9.59 Å². The van der Waals surface area contributed by atoms with Gasteiger partial charge in [-0.25, -0.2) is 9.69 Å². The first kappa shape index (κ1) is 21.3. The Hall–Kier alpha value is -4.97. The van der Waals surface area contributed by atoms with Crippen molar-refractivity contribution in [2.24, 2.45) is 0 Å². The molecular formula is C24H15N3O6. The van der Waals surface area contributed by atoms with E-state index in [1.54, 1.807) is 18.2 Å². The molecule has 0 saturated carbocycles. The van der Waals surface area contributed by atoms with E-state index in [0.717, 1.165) is 11.5 Å². The molecule has 9 nitrogen and oxygen atoms in total. The SMILES string of the molecule is C#CCOc1ccc2ccccc2c1/C=C1\C(=O)NC(=O)N(c2cccc([N+](=O)[O-])c2)C1=O. The van der Waals surface area contributed by atoms with Gasteiger partial charge in [-0.2, -0.15) is 0 Å². The minimum atomic E-state index is -1.01. The number of hydrogen-bond donors (Lipinski definition) is 1. The van der Waals surface area contributed by atoms with Gasteiger partial charge in [0.2, 0.25) is 0 Å². The zero-order chi connectivity index (χ0) is 23.5. The lowest BCUT2D eigenvalue weighted by Gasteiger charge is -2.26. The third kappa shape index (κ3) is 4.00. The van der Waals surface area contributed by atoms with E-state index >= 15 is 0 Å². The molecule has 1 aliphatic heterocycles. The lowest BCUT2D eigenvalue weighted by Crippen LogP contribution is -2.54. The average molecular weight is 441 g/mol. The highest BCUT2D eigenvalue weighted by Gasteiger charge is 2.37. The number of nitrogens with zero attached hydrogens (tertiary/aromatic N) is 2. The van der Waals surface area contributed by atoms with Crippen LogP contribution in [0.15, 0.2) is 66.2 Å². The molecule has 3 aromatic carbocycles. The van der Waals surface area contributed by atoms with E-state index in [0.29, 0.717) is 21.6 Å². The van der Waals surface area contributed by atoms with Crippen molar-refractivity contribution in [2.75, 3.05) is 11.5 Å². The summed E-state index contributed by atoms with van der Waals surface area (Å²) in [4.78, 5) is 49.4. The van der Waals surface area contributed by atoms with Gasteiger partial charge in [0.1, 0.15) is 17.9 Å². The highest BCUT2D eigenvalue weighted by atomic mass is 16.6. The molecule has 0 bridgehead atoms. The summed E-state index contributed by atoms with van der Waals surface area (Å²) in [6, 6.07) is 14.7. The molecule has 1 N–H and O–H groups in total. The fraction of sp³-hybridized carbons (Fsp3) is 0.0417. The van der Waals surface area contributed by atoms with Crippen LogP contribution in [0.25, 0.3) is 16.8 Å². The van der Waals surface area contributed by atoms with Gasteiger partial charge in [-0.05, 0) is 29.0 Å². The van der Waals surface area contributed by atoms with Gasteiger partial charge < -0.3 is 4.74 Å². The Morgan fingerprint density at radius 3 is 2.64 bits per heavy atom. The smallest absolute Gasteiger partial charge is 0.335 e. The van der Waals surface area contributed by atoms with Crippen LogP contribution in [0.2, 0.25) is 0 Å². The number of non-ortho nitro benzene ring substituents is 1. The normalized spacial score (nSPS) is 14.8. The Bertz CT molecular complexity index is 1400. The Kier molecular flexibility index (Phi) is 5.57. The monoisotopic (exact) mass is 441 g/mol. The number of urea groups is 1. The summed E-state index contributed by atoms with van der Waals surface area (Å²) >= 11 is 0. The molecule has 1 saturated heterocycles. The van der Waals surface area contributed by atoms with Gasteiger partial charge in [-0.1, -0.05) is 42.3 Å². The molecule has 0 spiro atoms. The number of carbonyl (C=O) groups excluding carboxylic acids is 3. The lowest BCUT2D eigenvalue weighted by molar-refractivity contribution is -0.384. The average Bonchev–Trinajstić information content (AvgIpc) is 2.80. The number of nitro groups is 1. The van der Waals surface area contributed by atoms with Gasteiger partial charge in [-0.3, -0.25) is 25.0 Å². The first-order chi connectivity index (χ1) is 15.9. The summed E-state index contributed by atoms with van der Waals surface area (Å²) in [6.07, 6.45) is 6.62. The lowest BCUT2D eigenvalue weighted by atomic mass is 9.99. The number of rotatable bonds is 5. The largest absolute Gasteiger partial charge is 0.480 e. The van der Waals surface area contributed by atoms with Gasteiger partial charge in [0, 0.05) is 17.7 Å². The summed E-state index contributed by atoms with van der Waals surface area (Å²) in [6.45, 7) is -0.0348. The van der Waals surface area contributed by atoms with E-state index in [1.165, 1.54) is 24.3 Å². The minimum Gasteiger partial charge on any atom is -0.480 e. The maximum Gasteiger partial charge on any atom is 0.335 e. The molecule has 4 amide bonds. The van der Waals surface area contributed by atoms with Crippen LogP contribution in [0.4, 0.5) is 16.2 Å². The molecule has 1 heterocycles. The third-order valence-electron chi connectivity index (χ3n) is 4.93. The van der Waals surface area contributed by atoms with Crippen molar-refractivity contribution >= 4 is 46.1 Å². The minimum absolute atomic E-state index is 0.0348. The fourth-order valence-electron chi connectivity index (χ4n) is 3.45. The molecule has 0 radical (unpaired) electrons. The number of benzene rings is 3. The molecule has 0 atom stereocenters. The topological polar surface area (TPSA) is 119 Å². The molecule has 1 fully saturated rings. The number of nitrogens with one attached hydrogen (secondary N) is 1. The predicted molar refractivity (Wildman–Crippen MR) is 120 cm³/mol. The van der Waals surface area contributed by atoms with Gasteiger partial charge >= 0.3 is 6.03 Å². The number of fused-ring (bicyclic) bond motifs is 1. The van der Waals surface area contributed by atoms with E-state index in [9.17, 15) is 24.5 Å². The van der Waals surface area contributed by atoms with Crippen molar-refractivity contribution in [1.29, 1.82) is 0 Å². The number of nitro benzene ring substituents is 1. The molecule has 162 valence electrons. The number of terminal acetylenes is 1. The Morgan fingerprint density at radius 1 is 1.09 bits per heavy atom. The maximum atomic E-state index is 13.2. The summed E-state index contributed by atoms with van der Waals surface area (Å²) in [5, 5.41) is 14.7. The van der Waals surface area contributed by atoms with Crippen molar-refractivity contribution in [1.82, 2.24) is 5.32 Å².